The molecule has 2 rings (SSSR count). The molecule has 0 atom stereocenters. The third-order valence-electron chi connectivity index (χ3n) is 2.13. The fourth-order valence-electron chi connectivity index (χ4n) is 1.30. The Morgan fingerprint density at radius 1 is 1.33 bits per heavy atom. The van der Waals surface area contributed by atoms with Gasteiger partial charge in [-0.15, -0.1) is 0 Å². The number of aromatic hydroxyl groups is 1. The standard InChI is InChI=1S/C11H11N3O/c1-7-11(12)13-6-10(14-7)8-3-2-4-9(15)5-8/h2-6,15H,1H3,(H2,12,13). The molecule has 0 saturated heterocycles. The summed E-state index contributed by atoms with van der Waals surface area (Å²) < 4.78 is 0. The molecule has 4 nitrogen and oxygen atoms in total. The highest BCUT2D eigenvalue weighted by atomic mass is 16.3. The highest BCUT2D eigenvalue weighted by Gasteiger charge is 2.03. The molecule has 0 bridgehead atoms. The van der Waals surface area contributed by atoms with Crippen LogP contribution >= 0.6 is 0 Å². The molecule has 1 aromatic carbocycles. The smallest absolute Gasteiger partial charge is 0.144 e. The van der Waals surface area contributed by atoms with Crippen molar-refractivity contribution in [1.29, 1.82) is 0 Å². The van der Waals surface area contributed by atoms with E-state index in [9.17, 15) is 5.11 Å². The van der Waals surface area contributed by atoms with Crippen LogP contribution < -0.4 is 5.73 Å². The van der Waals surface area contributed by atoms with E-state index in [0.29, 0.717) is 17.2 Å². The lowest BCUT2D eigenvalue weighted by atomic mass is 10.1. The van der Waals surface area contributed by atoms with Gasteiger partial charge in [-0.25, -0.2) is 9.97 Å². The molecule has 0 fully saturated rings. The van der Waals surface area contributed by atoms with Gasteiger partial charge in [0.25, 0.3) is 0 Å². The minimum atomic E-state index is 0.212. The van der Waals surface area contributed by atoms with Crippen molar-refractivity contribution in [3.63, 3.8) is 0 Å². The molecule has 2 aromatic rings. The number of rotatable bonds is 1. The monoisotopic (exact) mass is 201 g/mol. The van der Waals surface area contributed by atoms with Crippen LogP contribution in [-0.2, 0) is 0 Å². The van der Waals surface area contributed by atoms with Crippen LogP contribution in [-0.4, -0.2) is 15.1 Å². The molecule has 3 N–H and O–H groups in total. The van der Waals surface area contributed by atoms with Gasteiger partial charge in [0.05, 0.1) is 17.6 Å². The number of nitrogen functional groups attached to an aromatic ring is 1. The molecule has 0 saturated carbocycles. The van der Waals surface area contributed by atoms with Crippen LogP contribution in [0.4, 0.5) is 5.82 Å². The average Bonchev–Trinajstić information content (AvgIpc) is 2.22. The van der Waals surface area contributed by atoms with Crippen LogP contribution in [0, 0.1) is 6.92 Å². The fourth-order valence-corrected chi connectivity index (χ4v) is 1.30. The van der Waals surface area contributed by atoms with Crippen molar-refractivity contribution in [1.82, 2.24) is 9.97 Å². The molecule has 1 aromatic heterocycles. The van der Waals surface area contributed by atoms with E-state index in [-0.39, 0.29) is 5.75 Å². The maximum atomic E-state index is 9.33. The summed E-state index contributed by atoms with van der Waals surface area (Å²) in [4.78, 5) is 8.30. The first-order valence-corrected chi connectivity index (χ1v) is 4.55. The van der Waals surface area contributed by atoms with Crippen molar-refractivity contribution in [3.05, 3.63) is 36.2 Å². The molecule has 76 valence electrons. The summed E-state index contributed by atoms with van der Waals surface area (Å²) in [6, 6.07) is 6.87. The minimum Gasteiger partial charge on any atom is -0.508 e. The quantitative estimate of drug-likeness (QED) is 0.737. The molecular formula is C11H11N3O. The van der Waals surface area contributed by atoms with Crippen molar-refractivity contribution in [2.75, 3.05) is 5.73 Å². The topological polar surface area (TPSA) is 72.0 Å². The number of anilines is 1. The molecule has 0 radical (unpaired) electrons. The predicted octanol–water partition coefficient (Wildman–Crippen LogP) is 1.74. The van der Waals surface area contributed by atoms with E-state index in [1.807, 2.05) is 6.07 Å². The van der Waals surface area contributed by atoms with Gasteiger partial charge < -0.3 is 10.8 Å². The zero-order chi connectivity index (χ0) is 10.8. The number of hydrogen-bond donors (Lipinski definition) is 2. The van der Waals surface area contributed by atoms with E-state index >= 15 is 0 Å². The van der Waals surface area contributed by atoms with E-state index in [1.54, 1.807) is 31.3 Å². The highest BCUT2D eigenvalue weighted by Crippen LogP contribution is 2.21. The maximum Gasteiger partial charge on any atom is 0.144 e. The Balaban J connectivity index is 2.50. The van der Waals surface area contributed by atoms with Gasteiger partial charge in [-0.3, -0.25) is 0 Å². The Morgan fingerprint density at radius 3 is 2.80 bits per heavy atom. The Bertz CT molecular complexity index is 497. The Hall–Kier alpha value is -2.10. The van der Waals surface area contributed by atoms with Gasteiger partial charge >= 0.3 is 0 Å². The van der Waals surface area contributed by atoms with Crippen molar-refractivity contribution < 1.29 is 5.11 Å². The molecule has 0 aliphatic carbocycles. The maximum absolute atomic E-state index is 9.33. The van der Waals surface area contributed by atoms with Crippen molar-refractivity contribution >= 4 is 5.82 Å². The van der Waals surface area contributed by atoms with Crippen LogP contribution in [0.25, 0.3) is 11.3 Å². The fraction of sp³-hybridized carbons (Fsp3) is 0.0909. The number of aryl methyl sites for hydroxylation is 1. The second-order valence-corrected chi connectivity index (χ2v) is 3.28. The Morgan fingerprint density at radius 2 is 2.13 bits per heavy atom. The Labute approximate surface area is 87.4 Å². The first kappa shape index (κ1) is 9.45. The summed E-state index contributed by atoms with van der Waals surface area (Å²) in [6.45, 7) is 1.80. The zero-order valence-electron chi connectivity index (χ0n) is 8.31. The van der Waals surface area contributed by atoms with Crippen molar-refractivity contribution in [3.8, 4) is 17.0 Å². The third-order valence-corrected chi connectivity index (χ3v) is 2.13. The molecule has 0 amide bonds. The third kappa shape index (κ3) is 1.88. The minimum absolute atomic E-state index is 0.212. The van der Waals surface area contributed by atoms with Gasteiger partial charge in [-0.1, -0.05) is 12.1 Å². The number of hydrogen-bond acceptors (Lipinski definition) is 4. The van der Waals surface area contributed by atoms with Gasteiger partial charge in [0.1, 0.15) is 11.6 Å². The van der Waals surface area contributed by atoms with E-state index in [2.05, 4.69) is 9.97 Å². The van der Waals surface area contributed by atoms with Crippen molar-refractivity contribution in [2.45, 2.75) is 6.92 Å². The zero-order valence-corrected chi connectivity index (χ0v) is 8.31. The first-order valence-electron chi connectivity index (χ1n) is 4.55. The second-order valence-electron chi connectivity index (χ2n) is 3.28. The molecule has 0 aliphatic rings. The van der Waals surface area contributed by atoms with Gasteiger partial charge in [0, 0.05) is 5.56 Å². The van der Waals surface area contributed by atoms with E-state index in [0.717, 1.165) is 5.56 Å². The van der Waals surface area contributed by atoms with Gasteiger partial charge in [0.2, 0.25) is 0 Å². The first-order chi connectivity index (χ1) is 7.16. The SMILES string of the molecule is Cc1nc(-c2cccc(O)c2)cnc1N. The second kappa shape index (κ2) is 3.57. The number of nitrogens with two attached hydrogens (primary N) is 1. The van der Waals surface area contributed by atoms with Gasteiger partial charge in [-0.2, -0.15) is 0 Å². The van der Waals surface area contributed by atoms with Crippen LogP contribution in [0.15, 0.2) is 30.5 Å². The average molecular weight is 201 g/mol. The lowest BCUT2D eigenvalue weighted by Crippen LogP contribution is -1.97. The molecule has 1 heterocycles. The lowest BCUT2D eigenvalue weighted by molar-refractivity contribution is 0.475. The number of aromatic nitrogens is 2. The van der Waals surface area contributed by atoms with E-state index in [4.69, 9.17) is 5.73 Å². The molecular weight excluding hydrogens is 190 g/mol. The van der Waals surface area contributed by atoms with Crippen LogP contribution in [0.3, 0.4) is 0 Å². The Kier molecular flexibility index (Phi) is 2.25. The summed E-state index contributed by atoms with van der Waals surface area (Å²) in [6.07, 6.45) is 1.59. The largest absolute Gasteiger partial charge is 0.508 e. The molecule has 0 aliphatic heterocycles. The normalized spacial score (nSPS) is 10.2. The lowest BCUT2D eigenvalue weighted by Gasteiger charge is -2.03. The number of nitrogens with zero attached hydrogens (tertiary/aromatic N) is 2. The van der Waals surface area contributed by atoms with Gasteiger partial charge in [0.15, 0.2) is 0 Å². The van der Waals surface area contributed by atoms with Crippen molar-refractivity contribution in [2.24, 2.45) is 0 Å². The summed E-state index contributed by atoms with van der Waals surface area (Å²) in [5, 5.41) is 9.33. The van der Waals surface area contributed by atoms with Gasteiger partial charge in [-0.05, 0) is 19.1 Å². The van der Waals surface area contributed by atoms with Crippen LogP contribution in [0.2, 0.25) is 0 Å². The summed E-state index contributed by atoms with van der Waals surface area (Å²) in [7, 11) is 0. The molecule has 15 heavy (non-hydrogen) atoms. The number of benzene rings is 1. The van der Waals surface area contributed by atoms with E-state index in [1.165, 1.54) is 0 Å². The highest BCUT2D eigenvalue weighted by molar-refractivity contribution is 5.61. The van der Waals surface area contributed by atoms with Crippen LogP contribution in [0.5, 0.6) is 5.75 Å². The molecule has 4 heteroatoms. The number of phenols is 1. The molecule has 0 spiro atoms. The number of phenolic OH excluding ortho intramolecular Hbond substituents is 1. The van der Waals surface area contributed by atoms with Crippen LogP contribution in [0.1, 0.15) is 5.69 Å². The molecule has 0 unspecified atom stereocenters. The van der Waals surface area contributed by atoms with E-state index < -0.39 is 0 Å². The summed E-state index contributed by atoms with van der Waals surface area (Å²) in [5.74, 6) is 0.641. The summed E-state index contributed by atoms with van der Waals surface area (Å²) in [5.41, 5.74) is 7.80. The summed E-state index contributed by atoms with van der Waals surface area (Å²) >= 11 is 0. The predicted molar refractivity (Wildman–Crippen MR) is 58.3 cm³/mol.